The molecule has 0 radical (unpaired) electrons. The smallest absolute Gasteiger partial charge is 0.410 e. The average molecular weight is 350 g/mol. The number of halogens is 1. The molecule has 6 heteroatoms. The highest BCUT2D eigenvalue weighted by Crippen LogP contribution is 2.28. The number of hydrogen-bond donors (Lipinski definition) is 0. The first-order chi connectivity index (χ1) is 11.8. The second-order valence-electron chi connectivity index (χ2n) is 7.81. The van der Waals surface area contributed by atoms with Crippen molar-refractivity contribution < 1.29 is 18.7 Å². The van der Waals surface area contributed by atoms with E-state index in [4.69, 9.17) is 9.47 Å². The van der Waals surface area contributed by atoms with Crippen LogP contribution in [-0.2, 0) is 11.3 Å². The second kappa shape index (κ2) is 7.20. The van der Waals surface area contributed by atoms with Gasteiger partial charge in [0.15, 0.2) is 0 Å². The van der Waals surface area contributed by atoms with E-state index in [-0.39, 0.29) is 11.9 Å². The highest BCUT2D eigenvalue weighted by atomic mass is 19.1. The third-order valence-corrected chi connectivity index (χ3v) is 4.26. The predicted molar refractivity (Wildman–Crippen MR) is 93.1 cm³/mol. The zero-order valence-corrected chi connectivity index (χ0v) is 15.3. The summed E-state index contributed by atoms with van der Waals surface area (Å²) in [5.41, 5.74) is 0.156. The lowest BCUT2D eigenvalue weighted by atomic mass is 10.1. The van der Waals surface area contributed by atoms with Crippen molar-refractivity contribution in [3.8, 4) is 5.75 Å². The van der Waals surface area contributed by atoms with E-state index in [1.165, 1.54) is 6.07 Å². The van der Waals surface area contributed by atoms with Crippen LogP contribution in [0.4, 0.5) is 9.18 Å². The third-order valence-electron chi connectivity index (χ3n) is 4.26. The Morgan fingerprint density at radius 1 is 1.20 bits per heavy atom. The molecule has 1 aliphatic carbocycles. The van der Waals surface area contributed by atoms with Gasteiger partial charge in [0.05, 0.1) is 6.10 Å². The predicted octanol–water partition coefficient (Wildman–Crippen LogP) is 3.42. The molecule has 1 saturated carbocycles. The van der Waals surface area contributed by atoms with Gasteiger partial charge in [-0.25, -0.2) is 9.18 Å². The number of hydrogen-bond acceptors (Lipinski definition) is 4. The summed E-state index contributed by atoms with van der Waals surface area (Å²) in [5, 5.41) is 0. The van der Waals surface area contributed by atoms with E-state index < -0.39 is 5.60 Å². The molecule has 0 bridgehead atoms. The molecule has 2 fully saturated rings. The molecule has 0 aromatic heterocycles. The van der Waals surface area contributed by atoms with Crippen molar-refractivity contribution >= 4 is 6.09 Å². The quantitative estimate of drug-likeness (QED) is 0.834. The maximum Gasteiger partial charge on any atom is 0.410 e. The van der Waals surface area contributed by atoms with Crippen LogP contribution in [0.2, 0.25) is 0 Å². The first-order valence-corrected chi connectivity index (χ1v) is 8.95. The van der Waals surface area contributed by atoms with Crippen molar-refractivity contribution in [3.63, 3.8) is 0 Å². The van der Waals surface area contributed by atoms with Gasteiger partial charge in [0.1, 0.15) is 17.2 Å². The maximum absolute atomic E-state index is 14.1. The summed E-state index contributed by atoms with van der Waals surface area (Å²) < 4.78 is 25.3. The summed E-state index contributed by atoms with van der Waals surface area (Å²) in [6.07, 6.45) is 2.19. The van der Waals surface area contributed by atoms with Crippen molar-refractivity contribution in [2.45, 2.75) is 51.9 Å². The summed E-state index contributed by atoms with van der Waals surface area (Å²) in [6.45, 7) is 8.69. The van der Waals surface area contributed by atoms with E-state index in [2.05, 4.69) is 4.90 Å². The van der Waals surface area contributed by atoms with Crippen molar-refractivity contribution in [2.75, 3.05) is 26.2 Å². The highest BCUT2D eigenvalue weighted by Gasteiger charge is 2.27. The minimum Gasteiger partial charge on any atom is -0.490 e. The van der Waals surface area contributed by atoms with Crippen LogP contribution in [0, 0.1) is 5.82 Å². The van der Waals surface area contributed by atoms with Gasteiger partial charge in [-0.3, -0.25) is 4.90 Å². The lowest BCUT2D eigenvalue weighted by Gasteiger charge is -2.35. The summed E-state index contributed by atoms with van der Waals surface area (Å²) in [6, 6.07) is 4.97. The lowest BCUT2D eigenvalue weighted by molar-refractivity contribution is 0.0138. The molecular weight excluding hydrogens is 323 g/mol. The summed E-state index contributed by atoms with van der Waals surface area (Å²) in [4.78, 5) is 16.0. The minimum atomic E-state index is -0.487. The van der Waals surface area contributed by atoms with Crippen LogP contribution < -0.4 is 4.74 Å². The van der Waals surface area contributed by atoms with E-state index in [0.29, 0.717) is 44.4 Å². The summed E-state index contributed by atoms with van der Waals surface area (Å²) >= 11 is 0. The van der Waals surface area contributed by atoms with Crippen molar-refractivity contribution in [1.82, 2.24) is 9.80 Å². The van der Waals surface area contributed by atoms with Gasteiger partial charge in [-0.2, -0.15) is 0 Å². The Kier molecular flexibility index (Phi) is 5.18. The van der Waals surface area contributed by atoms with E-state index >= 15 is 0 Å². The molecule has 1 aromatic carbocycles. The maximum atomic E-state index is 14.1. The fraction of sp³-hybridized carbons (Fsp3) is 0.632. The van der Waals surface area contributed by atoms with Gasteiger partial charge < -0.3 is 14.4 Å². The zero-order valence-electron chi connectivity index (χ0n) is 15.3. The Hall–Kier alpha value is -1.82. The van der Waals surface area contributed by atoms with Crippen LogP contribution in [-0.4, -0.2) is 53.8 Å². The number of piperazine rings is 1. The molecule has 1 saturated heterocycles. The standard InChI is InChI=1S/C19H27FN2O3/c1-19(2,3)25-18(23)22-10-8-21(9-11-22)13-14-12-16(6-7-17(14)20)24-15-4-5-15/h6-7,12,15H,4-5,8-11,13H2,1-3H3. The lowest BCUT2D eigenvalue weighted by Crippen LogP contribution is -2.49. The number of amides is 1. The SMILES string of the molecule is CC(C)(C)OC(=O)N1CCN(Cc2cc(OC3CC3)ccc2F)CC1. The molecule has 1 heterocycles. The van der Waals surface area contributed by atoms with Gasteiger partial charge in [-0.05, 0) is 51.8 Å². The van der Waals surface area contributed by atoms with E-state index in [9.17, 15) is 9.18 Å². The van der Waals surface area contributed by atoms with Gasteiger partial charge in [-0.15, -0.1) is 0 Å². The van der Waals surface area contributed by atoms with Crippen LogP contribution in [0.15, 0.2) is 18.2 Å². The molecule has 0 unspecified atom stereocenters. The second-order valence-corrected chi connectivity index (χ2v) is 7.81. The third kappa shape index (κ3) is 5.33. The molecule has 1 aromatic rings. The fourth-order valence-corrected chi connectivity index (χ4v) is 2.78. The van der Waals surface area contributed by atoms with E-state index in [1.807, 2.05) is 20.8 Å². The van der Waals surface area contributed by atoms with Crippen molar-refractivity contribution in [3.05, 3.63) is 29.6 Å². The molecule has 3 rings (SSSR count). The number of benzene rings is 1. The van der Waals surface area contributed by atoms with E-state index in [0.717, 1.165) is 18.6 Å². The fourth-order valence-electron chi connectivity index (χ4n) is 2.78. The Morgan fingerprint density at radius 2 is 1.88 bits per heavy atom. The van der Waals surface area contributed by atoms with Crippen molar-refractivity contribution in [1.29, 1.82) is 0 Å². The zero-order chi connectivity index (χ0) is 18.0. The molecule has 0 spiro atoms. The topological polar surface area (TPSA) is 42.0 Å². The average Bonchev–Trinajstić information content (AvgIpc) is 3.34. The Balaban J connectivity index is 1.52. The van der Waals surface area contributed by atoms with Crippen LogP contribution in [0.1, 0.15) is 39.2 Å². The summed E-state index contributed by atoms with van der Waals surface area (Å²) in [7, 11) is 0. The number of nitrogens with zero attached hydrogens (tertiary/aromatic N) is 2. The van der Waals surface area contributed by atoms with Gasteiger partial charge in [0.25, 0.3) is 0 Å². The van der Waals surface area contributed by atoms with Crippen molar-refractivity contribution in [2.24, 2.45) is 0 Å². The first-order valence-electron chi connectivity index (χ1n) is 8.95. The monoisotopic (exact) mass is 350 g/mol. The van der Waals surface area contributed by atoms with Crippen LogP contribution in [0.5, 0.6) is 5.75 Å². The van der Waals surface area contributed by atoms with Gasteiger partial charge in [0.2, 0.25) is 0 Å². The largest absolute Gasteiger partial charge is 0.490 e. The number of ether oxygens (including phenoxy) is 2. The normalized spacial score (nSPS) is 19.0. The molecule has 25 heavy (non-hydrogen) atoms. The summed E-state index contributed by atoms with van der Waals surface area (Å²) in [5.74, 6) is 0.531. The van der Waals surface area contributed by atoms with Crippen LogP contribution in [0.3, 0.4) is 0 Å². The van der Waals surface area contributed by atoms with Crippen LogP contribution in [0.25, 0.3) is 0 Å². The number of carbonyl (C=O) groups excluding carboxylic acids is 1. The Bertz CT molecular complexity index is 618. The molecule has 138 valence electrons. The Morgan fingerprint density at radius 3 is 2.48 bits per heavy atom. The number of carbonyl (C=O) groups is 1. The molecule has 2 aliphatic rings. The molecular formula is C19H27FN2O3. The van der Waals surface area contributed by atoms with Gasteiger partial charge in [-0.1, -0.05) is 0 Å². The molecule has 0 N–H and O–H groups in total. The molecule has 0 atom stereocenters. The van der Waals surface area contributed by atoms with Gasteiger partial charge >= 0.3 is 6.09 Å². The first kappa shape index (κ1) is 18.0. The Labute approximate surface area is 148 Å². The highest BCUT2D eigenvalue weighted by molar-refractivity contribution is 5.68. The van der Waals surface area contributed by atoms with Crippen LogP contribution >= 0.6 is 0 Å². The number of rotatable bonds is 4. The minimum absolute atomic E-state index is 0.210. The molecule has 5 nitrogen and oxygen atoms in total. The molecule has 1 aliphatic heterocycles. The molecule has 1 amide bonds. The van der Waals surface area contributed by atoms with Gasteiger partial charge in [0, 0.05) is 38.3 Å². The van der Waals surface area contributed by atoms with E-state index in [1.54, 1.807) is 17.0 Å².